The van der Waals surface area contributed by atoms with Crippen molar-refractivity contribution in [2.45, 2.75) is 36.4 Å². The fourth-order valence-corrected chi connectivity index (χ4v) is 5.45. The van der Waals surface area contributed by atoms with Crippen LogP contribution in [-0.4, -0.2) is 77.1 Å². The Bertz CT molecular complexity index is 734. The molecule has 0 saturated carbocycles. The lowest BCUT2D eigenvalue weighted by molar-refractivity contribution is 0.119. The van der Waals surface area contributed by atoms with Crippen LogP contribution in [0.1, 0.15) is 19.3 Å². The highest BCUT2D eigenvalue weighted by atomic mass is 32.2. The zero-order chi connectivity index (χ0) is 18.2. The minimum Gasteiger partial charge on any atom is -0.465 e. The topological polar surface area (TPSA) is 108 Å². The Morgan fingerprint density at radius 3 is 2.68 bits per heavy atom. The van der Waals surface area contributed by atoms with Crippen molar-refractivity contribution in [3.05, 3.63) is 12.5 Å². The van der Waals surface area contributed by atoms with Crippen LogP contribution in [-0.2, 0) is 17.1 Å². The van der Waals surface area contributed by atoms with Gasteiger partial charge in [-0.05, 0) is 26.4 Å². The van der Waals surface area contributed by atoms with E-state index in [0.29, 0.717) is 6.54 Å². The molecule has 2 aliphatic heterocycles. The van der Waals surface area contributed by atoms with E-state index in [9.17, 15) is 13.2 Å². The number of likely N-dealkylation sites (tertiary alicyclic amines) is 1. The van der Waals surface area contributed by atoms with Gasteiger partial charge in [0.2, 0.25) is 0 Å². The predicted molar refractivity (Wildman–Crippen MR) is 90.7 cm³/mol. The molecule has 1 aromatic rings. The third-order valence-corrected chi connectivity index (χ3v) is 6.96. The van der Waals surface area contributed by atoms with Crippen LogP contribution in [0.5, 0.6) is 0 Å². The minimum atomic E-state index is -3.73. The summed E-state index contributed by atoms with van der Waals surface area (Å²) in [6, 6.07) is -0.240. The minimum absolute atomic E-state index is 0.00160. The van der Waals surface area contributed by atoms with Gasteiger partial charge in [0.25, 0.3) is 10.0 Å². The number of imidazole rings is 1. The average molecular weight is 371 g/mol. The van der Waals surface area contributed by atoms with Gasteiger partial charge < -0.3 is 19.9 Å². The molecule has 3 atom stereocenters. The maximum absolute atomic E-state index is 12.9. The molecule has 25 heavy (non-hydrogen) atoms. The molecule has 0 bridgehead atoms. The first-order valence-electron chi connectivity index (χ1n) is 8.47. The van der Waals surface area contributed by atoms with Crippen molar-refractivity contribution in [2.75, 3.05) is 26.7 Å². The third-order valence-electron chi connectivity index (χ3n) is 5.25. The molecule has 1 aromatic heterocycles. The summed E-state index contributed by atoms with van der Waals surface area (Å²) in [4.78, 5) is 17.4. The number of aryl methyl sites for hydroxylation is 1. The van der Waals surface area contributed by atoms with Crippen LogP contribution in [0, 0.1) is 5.92 Å². The molecular formula is C15H25N5O4S. The number of nitrogens with zero attached hydrogens (tertiary/aromatic N) is 4. The number of carboxylic acid groups (broad SMARTS) is 1. The van der Waals surface area contributed by atoms with Crippen molar-refractivity contribution in [2.24, 2.45) is 13.0 Å². The quantitative estimate of drug-likeness (QED) is 0.781. The molecule has 2 N–H and O–H groups in total. The first kappa shape index (κ1) is 18.2. The molecule has 3 rings (SSSR count). The van der Waals surface area contributed by atoms with Crippen LogP contribution in [0.4, 0.5) is 4.79 Å². The highest BCUT2D eigenvalue weighted by Crippen LogP contribution is 2.32. The molecule has 2 saturated heterocycles. The summed E-state index contributed by atoms with van der Waals surface area (Å²) in [5, 5.41) is 11.7. The summed E-state index contributed by atoms with van der Waals surface area (Å²) in [5.74, 6) is -0.0695. The zero-order valence-corrected chi connectivity index (χ0v) is 15.3. The van der Waals surface area contributed by atoms with E-state index in [4.69, 9.17) is 5.11 Å². The average Bonchev–Trinajstić information content (AvgIpc) is 3.15. The lowest BCUT2D eigenvalue weighted by Gasteiger charge is -2.38. The summed E-state index contributed by atoms with van der Waals surface area (Å²) in [7, 11) is 0.0125. The van der Waals surface area contributed by atoms with Crippen molar-refractivity contribution >= 4 is 16.1 Å². The standard InChI is InChI=1S/C15H25N5O4S/c1-18-9-14(16-10-18)25(23,24)20-7-11(12(8-20)17-15(21)22)13-5-3-4-6-19(13)2/h9-13,17H,3-8H2,1-2H3,(H,21,22)/t11-,12-,13-/m1/s1. The Kier molecular flexibility index (Phi) is 5.03. The van der Waals surface area contributed by atoms with E-state index in [0.717, 1.165) is 25.8 Å². The van der Waals surface area contributed by atoms with Gasteiger partial charge in [0.15, 0.2) is 5.03 Å². The molecule has 0 unspecified atom stereocenters. The maximum atomic E-state index is 12.9. The van der Waals surface area contributed by atoms with Crippen molar-refractivity contribution in [1.82, 2.24) is 24.1 Å². The first-order chi connectivity index (χ1) is 11.8. The number of rotatable bonds is 4. The summed E-state index contributed by atoms with van der Waals surface area (Å²) < 4.78 is 28.7. The van der Waals surface area contributed by atoms with E-state index >= 15 is 0 Å². The Morgan fingerprint density at radius 1 is 1.32 bits per heavy atom. The van der Waals surface area contributed by atoms with Gasteiger partial charge in [-0.1, -0.05) is 6.42 Å². The smallest absolute Gasteiger partial charge is 0.404 e. The zero-order valence-electron chi connectivity index (χ0n) is 14.5. The van der Waals surface area contributed by atoms with Gasteiger partial charge in [-0.25, -0.2) is 18.2 Å². The van der Waals surface area contributed by atoms with Gasteiger partial charge in [-0.2, -0.15) is 4.31 Å². The van der Waals surface area contributed by atoms with E-state index < -0.39 is 22.2 Å². The van der Waals surface area contributed by atoms with Gasteiger partial charge >= 0.3 is 6.09 Å². The number of carbonyl (C=O) groups is 1. The van der Waals surface area contributed by atoms with Crippen LogP contribution in [0.3, 0.4) is 0 Å². The largest absolute Gasteiger partial charge is 0.465 e. The van der Waals surface area contributed by atoms with Crippen LogP contribution < -0.4 is 5.32 Å². The Labute approximate surface area is 147 Å². The van der Waals surface area contributed by atoms with Crippen molar-refractivity contribution in [3.8, 4) is 0 Å². The fraction of sp³-hybridized carbons (Fsp3) is 0.733. The van der Waals surface area contributed by atoms with Crippen LogP contribution >= 0.6 is 0 Å². The Hall–Kier alpha value is -1.65. The molecule has 2 aliphatic rings. The molecule has 0 aliphatic carbocycles. The molecule has 10 heteroatoms. The molecule has 0 aromatic carbocycles. The Morgan fingerprint density at radius 2 is 2.08 bits per heavy atom. The van der Waals surface area contributed by atoms with Crippen LogP contribution in [0.2, 0.25) is 0 Å². The van der Waals surface area contributed by atoms with Crippen molar-refractivity contribution < 1.29 is 18.3 Å². The van der Waals surface area contributed by atoms with Gasteiger partial charge in [-0.3, -0.25) is 0 Å². The SMILES string of the molecule is CN1CCCC[C@@H]1[C@@H]1CN(S(=O)(=O)c2cn(C)cn2)C[C@H]1NC(=O)O. The number of piperidine rings is 1. The number of hydrogen-bond donors (Lipinski definition) is 2. The van der Waals surface area contributed by atoms with Gasteiger partial charge in [0.05, 0.1) is 12.4 Å². The number of sulfonamides is 1. The fourth-order valence-electron chi connectivity index (χ4n) is 3.99. The lowest BCUT2D eigenvalue weighted by Crippen LogP contribution is -2.50. The highest BCUT2D eigenvalue weighted by Gasteiger charge is 2.45. The Balaban J connectivity index is 1.84. The van der Waals surface area contributed by atoms with Gasteiger partial charge in [0.1, 0.15) is 0 Å². The van der Waals surface area contributed by atoms with E-state index in [1.807, 2.05) is 7.05 Å². The molecular weight excluding hydrogens is 346 g/mol. The lowest BCUT2D eigenvalue weighted by atomic mass is 9.87. The predicted octanol–water partition coefficient (Wildman–Crippen LogP) is 0.161. The molecule has 0 radical (unpaired) electrons. The second-order valence-electron chi connectivity index (χ2n) is 6.96. The maximum Gasteiger partial charge on any atom is 0.404 e. The van der Waals surface area contributed by atoms with Crippen molar-refractivity contribution in [1.29, 1.82) is 0 Å². The molecule has 140 valence electrons. The molecule has 2 fully saturated rings. The third kappa shape index (κ3) is 3.65. The van der Waals surface area contributed by atoms with Crippen molar-refractivity contribution in [3.63, 3.8) is 0 Å². The molecule has 3 heterocycles. The number of hydrogen-bond acceptors (Lipinski definition) is 5. The summed E-state index contributed by atoms with van der Waals surface area (Å²) in [6.07, 6.45) is 4.95. The number of aromatic nitrogens is 2. The summed E-state index contributed by atoms with van der Waals surface area (Å²) in [6.45, 7) is 1.40. The van der Waals surface area contributed by atoms with E-state index in [2.05, 4.69) is 15.2 Å². The summed E-state index contributed by atoms with van der Waals surface area (Å²) >= 11 is 0. The van der Waals surface area contributed by atoms with Crippen LogP contribution in [0.15, 0.2) is 17.6 Å². The van der Waals surface area contributed by atoms with E-state index in [-0.39, 0.29) is 23.5 Å². The second-order valence-corrected chi connectivity index (χ2v) is 8.85. The van der Waals surface area contributed by atoms with Gasteiger partial charge in [-0.15, -0.1) is 0 Å². The molecule has 0 spiro atoms. The van der Waals surface area contributed by atoms with E-state index in [1.165, 1.54) is 16.8 Å². The second kappa shape index (κ2) is 6.93. The number of amides is 1. The molecule has 1 amide bonds. The normalized spacial score (nSPS) is 29.0. The first-order valence-corrected chi connectivity index (χ1v) is 9.91. The highest BCUT2D eigenvalue weighted by molar-refractivity contribution is 7.89. The van der Waals surface area contributed by atoms with E-state index in [1.54, 1.807) is 11.6 Å². The van der Waals surface area contributed by atoms with Crippen LogP contribution in [0.25, 0.3) is 0 Å². The number of nitrogens with one attached hydrogen (secondary N) is 1. The summed E-state index contributed by atoms with van der Waals surface area (Å²) in [5.41, 5.74) is 0. The monoisotopic (exact) mass is 371 g/mol. The molecule has 9 nitrogen and oxygen atoms in total. The van der Waals surface area contributed by atoms with Gasteiger partial charge in [0, 0.05) is 38.3 Å².